The molecule has 0 unspecified atom stereocenters. The molecule has 1 aromatic heterocycles. The molecule has 0 fully saturated rings. The van der Waals surface area contributed by atoms with Gasteiger partial charge in [-0.15, -0.1) is 24.0 Å². The highest BCUT2D eigenvalue weighted by Crippen LogP contribution is 2.07. The van der Waals surface area contributed by atoms with E-state index >= 15 is 0 Å². The number of rotatable bonds is 6. The number of nitrogens with zero attached hydrogens (tertiary/aromatic N) is 3. The van der Waals surface area contributed by atoms with Gasteiger partial charge < -0.3 is 20.3 Å². The molecule has 0 radical (unpaired) electrons. The summed E-state index contributed by atoms with van der Waals surface area (Å²) in [4.78, 5) is 21.8. The van der Waals surface area contributed by atoms with Crippen molar-refractivity contribution >= 4 is 35.8 Å². The normalized spacial score (nSPS) is 10.5. The molecule has 22 heavy (non-hydrogen) atoms. The molecule has 124 valence electrons. The van der Waals surface area contributed by atoms with Gasteiger partial charge in [0.25, 0.3) is 0 Å². The lowest BCUT2D eigenvalue weighted by Crippen LogP contribution is -2.42. The van der Waals surface area contributed by atoms with Gasteiger partial charge in [0.05, 0.1) is 25.9 Å². The number of likely N-dealkylation sites (N-methyl/N-ethyl adjacent to an activating group) is 1. The summed E-state index contributed by atoms with van der Waals surface area (Å²) in [5.41, 5.74) is 0.797. The number of guanidine groups is 1. The van der Waals surface area contributed by atoms with Crippen LogP contribution in [0.1, 0.15) is 12.6 Å². The van der Waals surface area contributed by atoms with Crippen LogP contribution in [0, 0.1) is 0 Å². The van der Waals surface area contributed by atoms with E-state index in [2.05, 4.69) is 20.6 Å². The number of hydrogen-bond acceptors (Lipinski definition) is 4. The second kappa shape index (κ2) is 11.0. The van der Waals surface area contributed by atoms with Crippen LogP contribution in [0.25, 0.3) is 0 Å². The monoisotopic (exact) mass is 421 g/mol. The molecule has 7 nitrogen and oxygen atoms in total. The maximum absolute atomic E-state index is 11.6. The average Bonchev–Trinajstić information content (AvgIpc) is 2.49. The quantitative estimate of drug-likeness (QED) is 0.405. The number of nitrogens with one attached hydrogen (secondary N) is 2. The molecule has 0 atom stereocenters. The molecule has 1 aromatic rings. The number of amides is 1. The maximum atomic E-state index is 11.6. The second-order valence-electron chi connectivity index (χ2n) is 4.51. The minimum atomic E-state index is -0.0138. The van der Waals surface area contributed by atoms with Crippen molar-refractivity contribution in [3.8, 4) is 5.88 Å². The van der Waals surface area contributed by atoms with E-state index in [9.17, 15) is 4.79 Å². The summed E-state index contributed by atoms with van der Waals surface area (Å²) in [7, 11) is 5.01. The van der Waals surface area contributed by atoms with E-state index in [4.69, 9.17) is 4.74 Å². The van der Waals surface area contributed by atoms with E-state index in [0.717, 1.165) is 5.69 Å². The lowest BCUT2D eigenvalue weighted by atomic mass is 10.3. The summed E-state index contributed by atoms with van der Waals surface area (Å²) >= 11 is 0. The van der Waals surface area contributed by atoms with Crippen LogP contribution >= 0.6 is 24.0 Å². The van der Waals surface area contributed by atoms with Crippen molar-refractivity contribution in [1.29, 1.82) is 0 Å². The molecule has 2 N–H and O–H groups in total. The Labute approximate surface area is 148 Å². The van der Waals surface area contributed by atoms with E-state index < -0.39 is 0 Å². The number of aromatic nitrogens is 1. The molecule has 8 heteroatoms. The largest absolute Gasteiger partial charge is 0.481 e. The van der Waals surface area contributed by atoms with Gasteiger partial charge >= 0.3 is 0 Å². The molecular formula is C14H24IN5O2. The first-order valence-corrected chi connectivity index (χ1v) is 6.79. The molecule has 1 amide bonds. The molecule has 1 rings (SSSR count). The number of halogens is 1. The lowest BCUT2D eigenvalue weighted by Gasteiger charge is -2.14. The fourth-order valence-electron chi connectivity index (χ4n) is 1.48. The van der Waals surface area contributed by atoms with Crippen LogP contribution in [-0.2, 0) is 11.3 Å². The van der Waals surface area contributed by atoms with Gasteiger partial charge in [-0.25, -0.2) is 9.98 Å². The number of pyridine rings is 1. The Balaban J connectivity index is 0.00000441. The van der Waals surface area contributed by atoms with Gasteiger partial charge in [0.2, 0.25) is 11.8 Å². The van der Waals surface area contributed by atoms with Crippen LogP contribution in [0.5, 0.6) is 5.88 Å². The van der Waals surface area contributed by atoms with Gasteiger partial charge in [0, 0.05) is 26.7 Å². The minimum Gasteiger partial charge on any atom is -0.481 e. The zero-order valence-corrected chi connectivity index (χ0v) is 15.8. The Kier molecular flexibility index (Phi) is 10.3. The van der Waals surface area contributed by atoms with Crippen molar-refractivity contribution in [2.45, 2.75) is 13.5 Å². The minimum absolute atomic E-state index is 0. The fraction of sp³-hybridized carbons (Fsp3) is 0.500. The number of methoxy groups -OCH3 is 1. The summed E-state index contributed by atoms with van der Waals surface area (Å²) in [6, 6.07) is 5.53. The van der Waals surface area contributed by atoms with Crippen LogP contribution in [0.3, 0.4) is 0 Å². The molecular weight excluding hydrogens is 397 g/mol. The summed E-state index contributed by atoms with van der Waals surface area (Å²) in [6.45, 7) is 3.29. The Morgan fingerprint density at radius 2 is 2.09 bits per heavy atom. The molecule has 0 bridgehead atoms. The van der Waals surface area contributed by atoms with Gasteiger partial charge in [-0.2, -0.15) is 0 Å². The SMILES string of the molecule is CCNC(=NCc1cccc(OC)n1)NCC(=O)N(C)C.I. The molecule has 1 heterocycles. The predicted octanol–water partition coefficient (Wildman–Crippen LogP) is 0.851. The van der Waals surface area contributed by atoms with Crippen molar-refractivity contribution in [2.24, 2.45) is 4.99 Å². The second-order valence-corrected chi connectivity index (χ2v) is 4.51. The first kappa shape index (κ1) is 20.4. The Morgan fingerprint density at radius 3 is 2.68 bits per heavy atom. The third-order valence-electron chi connectivity index (χ3n) is 2.64. The van der Waals surface area contributed by atoms with Crippen LogP contribution in [-0.4, -0.2) is 56.0 Å². The smallest absolute Gasteiger partial charge is 0.241 e. The van der Waals surface area contributed by atoms with Crippen molar-refractivity contribution in [2.75, 3.05) is 34.3 Å². The maximum Gasteiger partial charge on any atom is 0.241 e. The number of aliphatic imine (C=N–C) groups is 1. The highest BCUT2D eigenvalue weighted by molar-refractivity contribution is 14.0. The van der Waals surface area contributed by atoms with Crippen molar-refractivity contribution in [3.63, 3.8) is 0 Å². The van der Waals surface area contributed by atoms with E-state index in [1.165, 1.54) is 4.90 Å². The standard InChI is InChI=1S/C14H23N5O2.HI/c1-5-15-14(17-10-13(20)19(2)3)16-9-11-7-6-8-12(18-11)21-4;/h6-8H,5,9-10H2,1-4H3,(H2,15,16,17);1H. The lowest BCUT2D eigenvalue weighted by molar-refractivity contribution is -0.127. The van der Waals surface area contributed by atoms with E-state index in [-0.39, 0.29) is 36.4 Å². The highest BCUT2D eigenvalue weighted by atomic mass is 127. The number of ether oxygens (including phenoxy) is 1. The van der Waals surface area contributed by atoms with Gasteiger partial charge in [-0.1, -0.05) is 6.07 Å². The van der Waals surface area contributed by atoms with Gasteiger partial charge in [-0.05, 0) is 13.0 Å². The van der Waals surface area contributed by atoms with Crippen molar-refractivity contribution < 1.29 is 9.53 Å². The fourth-order valence-corrected chi connectivity index (χ4v) is 1.48. The molecule has 0 saturated carbocycles. The third kappa shape index (κ3) is 7.43. The average molecular weight is 421 g/mol. The molecule has 0 saturated heterocycles. The van der Waals surface area contributed by atoms with Crippen LogP contribution < -0.4 is 15.4 Å². The first-order chi connectivity index (χ1) is 10.1. The van der Waals surface area contributed by atoms with Crippen LogP contribution in [0.15, 0.2) is 23.2 Å². The Morgan fingerprint density at radius 1 is 1.36 bits per heavy atom. The molecule has 0 aliphatic carbocycles. The van der Waals surface area contributed by atoms with Crippen LogP contribution in [0.2, 0.25) is 0 Å². The topological polar surface area (TPSA) is 78.9 Å². The Hall–Kier alpha value is -1.58. The number of carbonyl (C=O) groups is 1. The molecule has 0 spiro atoms. The molecule has 0 aromatic carbocycles. The van der Waals surface area contributed by atoms with Crippen molar-refractivity contribution in [1.82, 2.24) is 20.5 Å². The molecule has 0 aliphatic rings. The van der Waals surface area contributed by atoms with E-state index in [1.807, 2.05) is 19.1 Å². The van der Waals surface area contributed by atoms with E-state index in [0.29, 0.717) is 24.9 Å². The van der Waals surface area contributed by atoms with Crippen molar-refractivity contribution in [3.05, 3.63) is 23.9 Å². The summed E-state index contributed by atoms with van der Waals surface area (Å²) < 4.78 is 5.07. The van der Waals surface area contributed by atoms with Gasteiger partial charge in [0.1, 0.15) is 0 Å². The first-order valence-electron chi connectivity index (χ1n) is 6.79. The van der Waals surface area contributed by atoms with Crippen LogP contribution in [0.4, 0.5) is 0 Å². The Bertz CT molecular complexity index is 494. The number of hydrogen-bond donors (Lipinski definition) is 2. The summed E-state index contributed by atoms with van der Waals surface area (Å²) in [5, 5.41) is 6.07. The summed E-state index contributed by atoms with van der Waals surface area (Å²) in [5.74, 6) is 1.13. The predicted molar refractivity (Wildman–Crippen MR) is 97.7 cm³/mol. The third-order valence-corrected chi connectivity index (χ3v) is 2.64. The summed E-state index contributed by atoms with van der Waals surface area (Å²) in [6.07, 6.45) is 0. The highest BCUT2D eigenvalue weighted by Gasteiger charge is 2.05. The van der Waals surface area contributed by atoms with E-state index in [1.54, 1.807) is 27.3 Å². The number of carbonyl (C=O) groups excluding carboxylic acids is 1. The molecule has 0 aliphatic heterocycles. The van der Waals surface area contributed by atoms with Gasteiger partial charge in [0.15, 0.2) is 5.96 Å². The van der Waals surface area contributed by atoms with Gasteiger partial charge in [-0.3, -0.25) is 4.79 Å². The zero-order chi connectivity index (χ0) is 15.7. The zero-order valence-electron chi connectivity index (χ0n) is 13.4.